The highest BCUT2D eigenvalue weighted by Crippen LogP contribution is 2.35. The Hall–Kier alpha value is -3.34. The van der Waals surface area contributed by atoms with Gasteiger partial charge in [-0.25, -0.2) is 0 Å². The van der Waals surface area contributed by atoms with Gasteiger partial charge >= 0.3 is 0 Å². The minimum atomic E-state index is -0.0758. The molecule has 1 aliphatic heterocycles. The summed E-state index contributed by atoms with van der Waals surface area (Å²) >= 11 is 0. The molecule has 152 valence electrons. The first-order chi connectivity index (χ1) is 14.6. The topological polar surface area (TPSA) is 51.5 Å². The highest BCUT2D eigenvalue weighted by atomic mass is 16.5. The van der Waals surface area contributed by atoms with Crippen LogP contribution in [0.3, 0.4) is 0 Å². The number of nitrogens with zero attached hydrogens (tertiary/aromatic N) is 2. The Labute approximate surface area is 175 Å². The molecule has 0 spiro atoms. The fourth-order valence-corrected chi connectivity index (χ4v) is 4.04. The number of aromatic nitrogens is 1. The van der Waals surface area contributed by atoms with Gasteiger partial charge in [-0.15, -0.1) is 0 Å². The summed E-state index contributed by atoms with van der Waals surface area (Å²) in [5.41, 5.74) is 3.83. The van der Waals surface area contributed by atoms with Crippen molar-refractivity contribution in [1.82, 2.24) is 9.47 Å². The van der Waals surface area contributed by atoms with Gasteiger partial charge in [0.15, 0.2) is 0 Å². The number of amides is 1. The largest absolute Gasteiger partial charge is 0.486 e. The zero-order valence-corrected chi connectivity index (χ0v) is 17.0. The summed E-state index contributed by atoms with van der Waals surface area (Å²) in [6.45, 7) is 3.01. The summed E-state index contributed by atoms with van der Waals surface area (Å²) in [6, 6.07) is 21.7. The number of hydrogen-bond acceptors (Lipinski definition) is 3. The molecule has 1 amide bonds. The lowest BCUT2D eigenvalue weighted by molar-refractivity contribution is 0.0176. The maximum Gasteiger partial charge on any atom is 0.254 e. The summed E-state index contributed by atoms with van der Waals surface area (Å²) < 4.78 is 7.80. The van der Waals surface area contributed by atoms with Gasteiger partial charge in [0.1, 0.15) is 11.9 Å². The first-order valence-electron chi connectivity index (χ1n) is 10.4. The zero-order valence-electron chi connectivity index (χ0n) is 17.0. The second-order valence-corrected chi connectivity index (χ2v) is 8.17. The molecule has 5 nitrogen and oxygen atoms in total. The van der Waals surface area contributed by atoms with Gasteiger partial charge in [-0.1, -0.05) is 42.5 Å². The van der Waals surface area contributed by atoms with Crippen molar-refractivity contribution < 1.29 is 9.53 Å². The van der Waals surface area contributed by atoms with Crippen LogP contribution in [0.2, 0.25) is 0 Å². The zero-order chi connectivity index (χ0) is 20.7. The minimum Gasteiger partial charge on any atom is -0.486 e. The van der Waals surface area contributed by atoms with E-state index < -0.39 is 0 Å². The molecule has 2 fully saturated rings. The molecule has 1 aromatic heterocycles. The quantitative estimate of drug-likeness (QED) is 0.649. The molecule has 0 N–H and O–H groups in total. The molecule has 0 unspecified atom stereocenters. The van der Waals surface area contributed by atoms with E-state index in [0.717, 1.165) is 29.7 Å². The van der Waals surface area contributed by atoms with Gasteiger partial charge in [-0.2, -0.15) is 0 Å². The molecule has 3 aromatic rings. The fraction of sp³-hybridized carbons (Fsp3) is 0.280. The Balaban J connectivity index is 1.20. The van der Waals surface area contributed by atoms with E-state index in [4.69, 9.17) is 4.74 Å². The lowest BCUT2D eigenvalue weighted by Gasteiger charge is -2.39. The van der Waals surface area contributed by atoms with Crippen molar-refractivity contribution >= 4 is 5.91 Å². The summed E-state index contributed by atoms with van der Waals surface area (Å²) in [5.74, 6) is 0.605. The highest BCUT2D eigenvalue weighted by Gasteiger charge is 2.33. The molecule has 30 heavy (non-hydrogen) atoms. The normalized spacial score (nSPS) is 16.2. The van der Waals surface area contributed by atoms with E-state index in [9.17, 15) is 9.59 Å². The van der Waals surface area contributed by atoms with E-state index in [1.54, 1.807) is 11.0 Å². The van der Waals surface area contributed by atoms with Crippen molar-refractivity contribution in [3.63, 3.8) is 0 Å². The Morgan fingerprint density at radius 1 is 0.933 bits per heavy atom. The van der Waals surface area contributed by atoms with E-state index in [-0.39, 0.29) is 17.6 Å². The number of pyridine rings is 1. The molecular formula is C25H24N2O3. The molecule has 1 aliphatic carbocycles. The molecule has 5 heteroatoms. The predicted octanol–water partition coefficient (Wildman–Crippen LogP) is 4.06. The molecule has 1 saturated carbocycles. The highest BCUT2D eigenvalue weighted by molar-refractivity contribution is 5.95. The third-order valence-corrected chi connectivity index (χ3v) is 5.82. The number of carbonyl (C=O) groups is 1. The Morgan fingerprint density at radius 2 is 1.60 bits per heavy atom. The van der Waals surface area contributed by atoms with Crippen LogP contribution in [0.1, 0.15) is 34.9 Å². The van der Waals surface area contributed by atoms with Gasteiger partial charge in [0.05, 0.1) is 13.1 Å². The smallest absolute Gasteiger partial charge is 0.254 e. The number of hydrogen-bond donors (Lipinski definition) is 0. The SMILES string of the molecule is Cc1cc(OC2CN(C(=O)c3ccc(-c4ccccc4)cc3)C2)cc(=O)n1C1CC1. The molecule has 1 saturated heterocycles. The van der Waals surface area contributed by atoms with Gasteiger partial charge in [0, 0.05) is 23.4 Å². The Bertz CT molecular complexity index is 1130. The van der Waals surface area contributed by atoms with Crippen LogP contribution in [-0.4, -0.2) is 34.6 Å². The summed E-state index contributed by atoms with van der Waals surface area (Å²) in [7, 11) is 0. The first kappa shape index (κ1) is 18.7. The van der Waals surface area contributed by atoms with Crippen LogP contribution in [0.4, 0.5) is 0 Å². The molecule has 0 atom stereocenters. The molecule has 0 radical (unpaired) electrons. The first-order valence-corrected chi connectivity index (χ1v) is 10.4. The van der Waals surface area contributed by atoms with Gasteiger partial charge in [-0.3, -0.25) is 9.59 Å². The van der Waals surface area contributed by atoms with Crippen molar-refractivity contribution in [1.29, 1.82) is 0 Å². The van der Waals surface area contributed by atoms with Crippen molar-refractivity contribution in [2.24, 2.45) is 0 Å². The minimum absolute atomic E-state index is 0.00161. The molecule has 2 heterocycles. The third-order valence-electron chi connectivity index (χ3n) is 5.82. The van der Waals surface area contributed by atoms with Gasteiger partial charge in [0.25, 0.3) is 11.5 Å². The van der Waals surface area contributed by atoms with Crippen molar-refractivity contribution in [3.8, 4) is 16.9 Å². The average Bonchev–Trinajstić information content (AvgIpc) is 3.55. The van der Waals surface area contributed by atoms with Gasteiger partial charge < -0.3 is 14.2 Å². The van der Waals surface area contributed by atoms with Crippen LogP contribution in [0.15, 0.2) is 71.5 Å². The standard InChI is InChI=1S/C25H24N2O3/c1-17-13-22(14-24(28)27(17)21-11-12-21)30-23-15-26(16-23)25(29)20-9-7-19(8-10-20)18-5-3-2-4-6-18/h2-10,13-14,21,23H,11-12,15-16H2,1H3. The van der Waals surface area contributed by atoms with E-state index in [2.05, 4.69) is 12.1 Å². The second kappa shape index (κ2) is 7.48. The van der Waals surface area contributed by atoms with Crippen molar-refractivity contribution in [3.05, 3.63) is 88.3 Å². The molecule has 0 bridgehead atoms. The lowest BCUT2D eigenvalue weighted by Crippen LogP contribution is -2.56. The van der Waals surface area contributed by atoms with Crippen LogP contribution < -0.4 is 10.3 Å². The van der Waals surface area contributed by atoms with Gasteiger partial charge in [0.2, 0.25) is 0 Å². The van der Waals surface area contributed by atoms with Crippen molar-refractivity contribution in [2.45, 2.75) is 31.9 Å². The lowest BCUT2D eigenvalue weighted by atomic mass is 10.0. The number of likely N-dealkylation sites (tertiary alicyclic amines) is 1. The molecule has 2 aliphatic rings. The fourth-order valence-electron chi connectivity index (χ4n) is 4.04. The number of benzene rings is 2. The maximum atomic E-state index is 12.7. The van der Waals surface area contributed by atoms with Crippen LogP contribution in [0, 0.1) is 6.92 Å². The number of rotatable bonds is 5. The van der Waals surface area contributed by atoms with Crippen LogP contribution >= 0.6 is 0 Å². The van der Waals surface area contributed by atoms with E-state index in [0.29, 0.717) is 30.4 Å². The Kier molecular flexibility index (Phi) is 4.66. The third kappa shape index (κ3) is 3.63. The molecular weight excluding hydrogens is 376 g/mol. The second-order valence-electron chi connectivity index (χ2n) is 8.17. The summed E-state index contributed by atoms with van der Waals surface area (Å²) in [4.78, 5) is 26.8. The van der Waals surface area contributed by atoms with Crippen LogP contribution in [0.25, 0.3) is 11.1 Å². The summed E-state index contributed by atoms with van der Waals surface area (Å²) in [6.07, 6.45) is 2.08. The van der Waals surface area contributed by atoms with Crippen LogP contribution in [0.5, 0.6) is 5.75 Å². The monoisotopic (exact) mass is 400 g/mol. The molecule has 2 aromatic carbocycles. The maximum absolute atomic E-state index is 12.7. The number of carbonyl (C=O) groups excluding carboxylic acids is 1. The van der Waals surface area contributed by atoms with Crippen LogP contribution in [-0.2, 0) is 0 Å². The van der Waals surface area contributed by atoms with E-state index >= 15 is 0 Å². The van der Waals surface area contributed by atoms with Gasteiger partial charge in [-0.05, 0) is 49.1 Å². The van der Waals surface area contributed by atoms with E-state index in [1.165, 1.54) is 0 Å². The average molecular weight is 400 g/mol. The predicted molar refractivity (Wildman–Crippen MR) is 116 cm³/mol. The molecule has 5 rings (SSSR count). The number of aryl methyl sites for hydroxylation is 1. The summed E-state index contributed by atoms with van der Waals surface area (Å²) in [5, 5.41) is 0. The van der Waals surface area contributed by atoms with E-state index in [1.807, 2.05) is 60.0 Å². The van der Waals surface area contributed by atoms with Crippen molar-refractivity contribution in [2.75, 3.05) is 13.1 Å². The number of ether oxygens (including phenoxy) is 1. The Morgan fingerprint density at radius 3 is 2.23 bits per heavy atom.